The van der Waals surface area contributed by atoms with Crippen LogP contribution in [0, 0.1) is 13.8 Å². The average Bonchev–Trinajstić information content (AvgIpc) is 2.71. The van der Waals surface area contributed by atoms with Crippen molar-refractivity contribution >= 4 is 35.2 Å². The van der Waals surface area contributed by atoms with E-state index in [9.17, 15) is 14.4 Å². The number of aromatic nitrogens is 2. The molecule has 0 fully saturated rings. The lowest BCUT2D eigenvalue weighted by molar-refractivity contribution is -0.147. The summed E-state index contributed by atoms with van der Waals surface area (Å²) < 4.78 is 5.05. The summed E-state index contributed by atoms with van der Waals surface area (Å²) in [6, 6.07) is 6.48. The topological polar surface area (TPSA) is 110 Å². The number of nitrogens with one attached hydrogen (secondary N) is 2. The van der Waals surface area contributed by atoms with Crippen LogP contribution in [0.15, 0.2) is 29.4 Å². The van der Waals surface area contributed by atoms with Crippen LogP contribution in [0.25, 0.3) is 0 Å². The van der Waals surface area contributed by atoms with Gasteiger partial charge < -0.3 is 15.4 Å². The summed E-state index contributed by atoms with van der Waals surface area (Å²) >= 11 is 1.47. The maximum absolute atomic E-state index is 12.0. The molecule has 0 aliphatic rings. The van der Waals surface area contributed by atoms with Crippen LogP contribution in [-0.4, -0.2) is 47.7 Å². The second kappa shape index (κ2) is 10.6. The van der Waals surface area contributed by atoms with Crippen LogP contribution in [0.4, 0.5) is 5.69 Å². The standard InChI is InChI=1S/C20H24N4O4S/c1-12-16(13(2)23-20(22-12)29-4)8-9-18(26)28-11-17(25)24-15-7-5-6-14(10-15)19(27)21-3/h5-7,10H,8-9,11H2,1-4H3,(H,21,27)(H,24,25). The minimum absolute atomic E-state index is 0.128. The molecule has 9 heteroatoms. The predicted octanol–water partition coefficient (Wildman–Crippen LogP) is 2.29. The lowest BCUT2D eigenvalue weighted by Crippen LogP contribution is -2.22. The van der Waals surface area contributed by atoms with E-state index in [0.29, 0.717) is 22.8 Å². The first kappa shape index (κ1) is 22.4. The first-order chi connectivity index (χ1) is 13.8. The summed E-state index contributed by atoms with van der Waals surface area (Å²) in [6.07, 6.45) is 2.48. The molecule has 0 bridgehead atoms. The van der Waals surface area contributed by atoms with E-state index in [1.807, 2.05) is 20.1 Å². The van der Waals surface area contributed by atoms with E-state index in [1.54, 1.807) is 24.3 Å². The molecule has 0 saturated heterocycles. The molecule has 2 N–H and O–H groups in total. The number of carbonyl (C=O) groups is 3. The summed E-state index contributed by atoms with van der Waals surface area (Å²) in [5.74, 6) is -1.22. The fraction of sp³-hybridized carbons (Fsp3) is 0.350. The van der Waals surface area contributed by atoms with Gasteiger partial charge in [0.15, 0.2) is 11.8 Å². The van der Waals surface area contributed by atoms with Gasteiger partial charge in [-0.1, -0.05) is 17.8 Å². The van der Waals surface area contributed by atoms with Gasteiger partial charge in [-0.15, -0.1) is 0 Å². The number of carbonyl (C=O) groups excluding carboxylic acids is 3. The van der Waals surface area contributed by atoms with Crippen molar-refractivity contribution in [3.8, 4) is 0 Å². The first-order valence-electron chi connectivity index (χ1n) is 8.99. The molecule has 1 heterocycles. The zero-order chi connectivity index (χ0) is 21.4. The molecule has 1 aromatic carbocycles. The Morgan fingerprint density at radius 1 is 1.14 bits per heavy atom. The highest BCUT2D eigenvalue weighted by Gasteiger charge is 2.13. The van der Waals surface area contributed by atoms with E-state index >= 15 is 0 Å². The summed E-state index contributed by atoms with van der Waals surface area (Å²) in [5.41, 5.74) is 3.45. The van der Waals surface area contributed by atoms with Crippen molar-refractivity contribution in [1.29, 1.82) is 0 Å². The highest BCUT2D eigenvalue weighted by molar-refractivity contribution is 7.98. The fourth-order valence-electron chi connectivity index (χ4n) is 2.69. The van der Waals surface area contributed by atoms with E-state index in [2.05, 4.69) is 20.6 Å². The third-order valence-corrected chi connectivity index (χ3v) is 4.71. The Morgan fingerprint density at radius 2 is 1.83 bits per heavy atom. The number of amides is 2. The molecule has 1 aromatic heterocycles. The number of aryl methyl sites for hydroxylation is 2. The second-order valence-corrected chi connectivity index (χ2v) is 7.00. The number of rotatable bonds is 8. The summed E-state index contributed by atoms with van der Waals surface area (Å²) in [4.78, 5) is 44.4. The summed E-state index contributed by atoms with van der Waals surface area (Å²) in [5, 5.41) is 5.81. The Hall–Kier alpha value is -2.94. The van der Waals surface area contributed by atoms with Gasteiger partial charge in [-0.25, -0.2) is 9.97 Å². The highest BCUT2D eigenvalue weighted by atomic mass is 32.2. The second-order valence-electron chi connectivity index (χ2n) is 6.23. The zero-order valence-corrected chi connectivity index (χ0v) is 17.7. The minimum atomic E-state index is -0.480. The van der Waals surface area contributed by atoms with Crippen molar-refractivity contribution in [1.82, 2.24) is 15.3 Å². The molecule has 29 heavy (non-hydrogen) atoms. The predicted molar refractivity (Wildman–Crippen MR) is 111 cm³/mol. The number of hydrogen-bond acceptors (Lipinski definition) is 7. The maximum atomic E-state index is 12.0. The molecule has 0 radical (unpaired) electrons. The van der Waals surface area contributed by atoms with E-state index < -0.39 is 18.5 Å². The minimum Gasteiger partial charge on any atom is -0.456 e. The van der Waals surface area contributed by atoms with Crippen LogP contribution in [-0.2, 0) is 20.7 Å². The maximum Gasteiger partial charge on any atom is 0.306 e. The van der Waals surface area contributed by atoms with Crippen molar-refractivity contribution in [2.45, 2.75) is 31.8 Å². The molecule has 2 amide bonds. The molecule has 154 valence electrons. The van der Waals surface area contributed by atoms with Gasteiger partial charge in [-0.2, -0.15) is 0 Å². The smallest absolute Gasteiger partial charge is 0.306 e. The lowest BCUT2D eigenvalue weighted by Gasteiger charge is -2.10. The van der Waals surface area contributed by atoms with Crippen LogP contribution in [0.2, 0.25) is 0 Å². The Balaban J connectivity index is 1.84. The SMILES string of the molecule is CNC(=O)c1cccc(NC(=O)COC(=O)CCc2c(C)nc(SC)nc2C)c1. The van der Waals surface area contributed by atoms with Gasteiger partial charge in [0.2, 0.25) is 0 Å². The molecule has 0 saturated carbocycles. The van der Waals surface area contributed by atoms with E-state index in [0.717, 1.165) is 17.0 Å². The number of thioether (sulfide) groups is 1. The number of nitrogens with zero attached hydrogens (tertiary/aromatic N) is 2. The molecule has 0 atom stereocenters. The molecule has 0 unspecified atom stereocenters. The average molecular weight is 417 g/mol. The lowest BCUT2D eigenvalue weighted by atomic mass is 10.1. The van der Waals surface area contributed by atoms with Gasteiger partial charge in [0.05, 0.1) is 0 Å². The number of benzene rings is 1. The monoisotopic (exact) mass is 416 g/mol. The van der Waals surface area contributed by atoms with Gasteiger partial charge >= 0.3 is 5.97 Å². The van der Waals surface area contributed by atoms with Crippen LogP contribution in [0.5, 0.6) is 0 Å². The molecular weight excluding hydrogens is 392 g/mol. The first-order valence-corrected chi connectivity index (χ1v) is 10.2. The molecule has 0 aliphatic heterocycles. The largest absolute Gasteiger partial charge is 0.456 e. The van der Waals surface area contributed by atoms with Crippen molar-refractivity contribution in [2.75, 3.05) is 25.2 Å². The van der Waals surface area contributed by atoms with Crippen LogP contribution in [0.3, 0.4) is 0 Å². The Bertz CT molecular complexity index is 894. The van der Waals surface area contributed by atoms with Crippen LogP contribution >= 0.6 is 11.8 Å². The number of esters is 1. The van der Waals surface area contributed by atoms with Crippen molar-refractivity contribution in [2.24, 2.45) is 0 Å². The molecular formula is C20H24N4O4S. The van der Waals surface area contributed by atoms with Crippen LogP contribution < -0.4 is 10.6 Å². The Morgan fingerprint density at radius 3 is 2.45 bits per heavy atom. The molecule has 0 spiro atoms. The van der Waals surface area contributed by atoms with Crippen molar-refractivity contribution in [3.63, 3.8) is 0 Å². The van der Waals surface area contributed by atoms with Crippen LogP contribution in [0.1, 0.15) is 33.7 Å². The van der Waals surface area contributed by atoms with E-state index in [4.69, 9.17) is 4.74 Å². The number of anilines is 1. The van der Waals surface area contributed by atoms with Gasteiger partial charge in [0, 0.05) is 36.1 Å². The van der Waals surface area contributed by atoms with Crippen molar-refractivity contribution < 1.29 is 19.1 Å². The fourth-order valence-corrected chi connectivity index (χ4v) is 3.14. The van der Waals surface area contributed by atoms with E-state index in [1.165, 1.54) is 18.8 Å². The third kappa shape index (κ3) is 6.56. The van der Waals surface area contributed by atoms with Crippen molar-refractivity contribution in [3.05, 3.63) is 46.8 Å². The number of ether oxygens (including phenoxy) is 1. The highest BCUT2D eigenvalue weighted by Crippen LogP contribution is 2.17. The molecule has 8 nitrogen and oxygen atoms in total. The van der Waals surface area contributed by atoms with Gasteiger partial charge in [-0.05, 0) is 50.3 Å². The Labute approximate surface area is 173 Å². The summed E-state index contributed by atoms with van der Waals surface area (Å²) in [7, 11) is 1.53. The Kier molecular flexibility index (Phi) is 8.14. The quantitative estimate of drug-likeness (QED) is 0.386. The molecule has 2 rings (SSSR count). The molecule has 0 aliphatic carbocycles. The van der Waals surface area contributed by atoms with E-state index in [-0.39, 0.29) is 12.3 Å². The van der Waals surface area contributed by atoms with Gasteiger partial charge in [0.25, 0.3) is 11.8 Å². The third-order valence-electron chi connectivity index (χ3n) is 4.16. The zero-order valence-electron chi connectivity index (χ0n) is 16.9. The molecule has 2 aromatic rings. The normalized spacial score (nSPS) is 10.3. The van der Waals surface area contributed by atoms with Gasteiger partial charge in [-0.3, -0.25) is 14.4 Å². The number of hydrogen-bond donors (Lipinski definition) is 2. The van der Waals surface area contributed by atoms with Gasteiger partial charge in [0.1, 0.15) is 0 Å². The summed E-state index contributed by atoms with van der Waals surface area (Å²) in [6.45, 7) is 3.37.